The summed E-state index contributed by atoms with van der Waals surface area (Å²) in [7, 11) is 0. The summed E-state index contributed by atoms with van der Waals surface area (Å²) >= 11 is 0. The normalized spacial score (nSPS) is 20.8. The van der Waals surface area contributed by atoms with Gasteiger partial charge in [0.15, 0.2) is 0 Å². The van der Waals surface area contributed by atoms with Gasteiger partial charge in [-0.1, -0.05) is 26.0 Å². The zero-order valence-electron chi connectivity index (χ0n) is 17.8. The lowest BCUT2D eigenvalue weighted by molar-refractivity contribution is -0.902. The molecule has 6 nitrogen and oxygen atoms in total. The van der Waals surface area contributed by atoms with Crippen LogP contribution in [0.5, 0.6) is 0 Å². The SMILES string of the molecule is CC1(C)CC(=O)C(C=NCC[NH+]2CCN(C(=O)Cc3ccc(F)cc3)CC2)C(=O)C1. The molecule has 0 spiro atoms. The fraction of sp³-hybridized carbons (Fsp3) is 0.565. The maximum Gasteiger partial charge on any atom is 0.227 e. The fourth-order valence-electron chi connectivity index (χ4n) is 4.19. The van der Waals surface area contributed by atoms with Gasteiger partial charge in [-0.3, -0.25) is 19.4 Å². The van der Waals surface area contributed by atoms with Gasteiger partial charge < -0.3 is 9.80 Å². The van der Waals surface area contributed by atoms with Crippen LogP contribution in [0.15, 0.2) is 29.3 Å². The highest BCUT2D eigenvalue weighted by Gasteiger charge is 2.38. The standard InChI is InChI=1S/C23H30FN3O3/c1-23(2)14-20(28)19(21(29)15-23)16-25-7-8-26-9-11-27(12-10-26)22(30)13-17-3-5-18(24)6-4-17/h3-6,16,19H,7-15H2,1-2H3/p+1. The molecule has 1 aliphatic heterocycles. The number of halogens is 1. The first-order chi connectivity index (χ1) is 14.2. The molecule has 1 saturated heterocycles. The molecule has 2 fully saturated rings. The summed E-state index contributed by atoms with van der Waals surface area (Å²) in [4.78, 5) is 44.4. The minimum absolute atomic E-state index is 0.0272. The van der Waals surface area contributed by atoms with E-state index in [0.29, 0.717) is 38.9 Å². The minimum Gasteiger partial charge on any atom is -0.331 e. The predicted molar refractivity (Wildman–Crippen MR) is 112 cm³/mol. The van der Waals surface area contributed by atoms with Gasteiger partial charge >= 0.3 is 0 Å². The molecular formula is C23H31FN3O3+. The third-order valence-electron chi connectivity index (χ3n) is 5.94. The monoisotopic (exact) mass is 416 g/mol. The Hall–Kier alpha value is -2.41. The number of hydrogen-bond donors (Lipinski definition) is 1. The number of Topliss-reactive ketones (excluding diaryl/α,β-unsaturated/α-hetero) is 2. The lowest BCUT2D eigenvalue weighted by Crippen LogP contribution is -3.15. The third kappa shape index (κ3) is 6.05. The second kappa shape index (κ2) is 9.60. The van der Waals surface area contributed by atoms with Crippen LogP contribution >= 0.6 is 0 Å². The lowest BCUT2D eigenvalue weighted by atomic mass is 9.72. The highest BCUT2D eigenvalue weighted by molar-refractivity contribution is 6.16. The van der Waals surface area contributed by atoms with Gasteiger partial charge in [-0.05, 0) is 23.1 Å². The smallest absolute Gasteiger partial charge is 0.227 e. The molecule has 0 bridgehead atoms. The van der Waals surface area contributed by atoms with Gasteiger partial charge in [-0.2, -0.15) is 0 Å². The summed E-state index contributed by atoms with van der Waals surface area (Å²) in [5, 5.41) is 0. The Morgan fingerprint density at radius 3 is 2.37 bits per heavy atom. The van der Waals surface area contributed by atoms with Gasteiger partial charge in [0.25, 0.3) is 0 Å². The van der Waals surface area contributed by atoms with Crippen molar-refractivity contribution in [1.82, 2.24) is 4.90 Å². The van der Waals surface area contributed by atoms with E-state index in [9.17, 15) is 18.8 Å². The number of ketones is 2. The first kappa shape index (κ1) is 22.3. The summed E-state index contributed by atoms with van der Waals surface area (Å²) in [5.41, 5.74) is 0.580. The van der Waals surface area contributed by atoms with E-state index in [-0.39, 0.29) is 28.7 Å². The van der Waals surface area contributed by atoms with Crippen molar-refractivity contribution in [2.24, 2.45) is 16.3 Å². The maximum absolute atomic E-state index is 13.0. The zero-order chi connectivity index (χ0) is 21.7. The number of piperazine rings is 1. The highest BCUT2D eigenvalue weighted by atomic mass is 19.1. The minimum atomic E-state index is -0.672. The molecule has 1 aliphatic carbocycles. The number of carbonyl (C=O) groups excluding carboxylic acids is 3. The molecule has 3 rings (SSSR count). The summed E-state index contributed by atoms with van der Waals surface area (Å²) in [6, 6.07) is 6.05. The van der Waals surface area contributed by atoms with Gasteiger partial charge in [0, 0.05) is 19.1 Å². The molecule has 1 amide bonds. The molecule has 0 atom stereocenters. The van der Waals surface area contributed by atoms with Crippen LogP contribution in [0.25, 0.3) is 0 Å². The largest absolute Gasteiger partial charge is 0.331 e. The average molecular weight is 417 g/mol. The first-order valence-corrected chi connectivity index (χ1v) is 10.6. The Balaban J connectivity index is 1.38. The molecule has 0 aromatic heterocycles. The molecule has 0 radical (unpaired) electrons. The van der Waals surface area contributed by atoms with Crippen LogP contribution in [0.4, 0.5) is 4.39 Å². The number of hydrogen-bond acceptors (Lipinski definition) is 4. The van der Waals surface area contributed by atoms with E-state index in [4.69, 9.17) is 0 Å². The number of carbonyl (C=O) groups is 3. The molecule has 2 aliphatic rings. The van der Waals surface area contributed by atoms with Crippen molar-refractivity contribution in [3.8, 4) is 0 Å². The molecule has 1 heterocycles. The molecule has 30 heavy (non-hydrogen) atoms. The van der Waals surface area contributed by atoms with E-state index in [1.807, 2.05) is 18.7 Å². The Labute approximate surface area is 177 Å². The van der Waals surface area contributed by atoms with Gasteiger partial charge in [-0.25, -0.2) is 4.39 Å². The van der Waals surface area contributed by atoms with Crippen molar-refractivity contribution in [2.45, 2.75) is 33.1 Å². The number of benzene rings is 1. The molecule has 1 aromatic rings. The second-order valence-electron chi connectivity index (χ2n) is 9.17. The van der Waals surface area contributed by atoms with Crippen molar-refractivity contribution in [3.63, 3.8) is 0 Å². The summed E-state index contributed by atoms with van der Waals surface area (Å²) in [6.07, 6.45) is 2.69. The van der Waals surface area contributed by atoms with Crippen molar-refractivity contribution in [3.05, 3.63) is 35.6 Å². The van der Waals surface area contributed by atoms with E-state index in [0.717, 1.165) is 25.2 Å². The maximum atomic E-state index is 13.0. The van der Waals surface area contributed by atoms with Crippen molar-refractivity contribution in [1.29, 1.82) is 0 Å². The second-order valence-corrected chi connectivity index (χ2v) is 9.17. The van der Waals surface area contributed by atoms with E-state index >= 15 is 0 Å². The molecule has 1 aromatic carbocycles. The Morgan fingerprint density at radius 1 is 1.17 bits per heavy atom. The van der Waals surface area contributed by atoms with Crippen LogP contribution < -0.4 is 4.90 Å². The van der Waals surface area contributed by atoms with Crippen LogP contribution in [-0.2, 0) is 20.8 Å². The van der Waals surface area contributed by atoms with Crippen LogP contribution in [0, 0.1) is 17.2 Å². The number of aliphatic imine (C=N–C) groups is 1. The summed E-state index contributed by atoms with van der Waals surface area (Å²) < 4.78 is 13.0. The molecule has 1 N–H and O–H groups in total. The van der Waals surface area contributed by atoms with Crippen LogP contribution in [-0.4, -0.2) is 67.9 Å². The Kier molecular flexibility index (Phi) is 7.13. The van der Waals surface area contributed by atoms with Crippen molar-refractivity contribution in [2.75, 3.05) is 39.3 Å². The molecule has 7 heteroatoms. The molecule has 0 unspecified atom stereocenters. The number of nitrogens with one attached hydrogen (secondary N) is 1. The average Bonchev–Trinajstić information content (AvgIpc) is 2.68. The predicted octanol–water partition coefficient (Wildman–Crippen LogP) is 0.741. The number of amides is 1. The Morgan fingerprint density at radius 2 is 1.77 bits per heavy atom. The number of rotatable bonds is 6. The van der Waals surface area contributed by atoms with Crippen molar-refractivity contribution >= 4 is 23.7 Å². The molecular weight excluding hydrogens is 385 g/mol. The number of nitrogens with zero attached hydrogens (tertiary/aromatic N) is 2. The van der Waals surface area contributed by atoms with Gasteiger partial charge in [-0.15, -0.1) is 0 Å². The quantitative estimate of drug-likeness (QED) is 0.549. The lowest BCUT2D eigenvalue weighted by Gasteiger charge is -2.32. The highest BCUT2D eigenvalue weighted by Crippen LogP contribution is 2.33. The fourth-order valence-corrected chi connectivity index (χ4v) is 4.19. The van der Waals surface area contributed by atoms with Crippen molar-refractivity contribution < 1.29 is 23.7 Å². The zero-order valence-corrected chi connectivity index (χ0v) is 17.8. The van der Waals surface area contributed by atoms with E-state index in [2.05, 4.69) is 4.99 Å². The van der Waals surface area contributed by atoms with Crippen LogP contribution in [0.3, 0.4) is 0 Å². The van der Waals surface area contributed by atoms with E-state index in [1.54, 1.807) is 18.3 Å². The third-order valence-corrected chi connectivity index (χ3v) is 5.94. The van der Waals surface area contributed by atoms with Gasteiger partial charge in [0.1, 0.15) is 23.3 Å². The first-order valence-electron chi connectivity index (χ1n) is 10.6. The Bertz CT molecular complexity index is 791. The topological polar surface area (TPSA) is 71.2 Å². The van der Waals surface area contributed by atoms with Gasteiger partial charge in [0.2, 0.25) is 5.91 Å². The van der Waals surface area contributed by atoms with E-state index < -0.39 is 5.92 Å². The van der Waals surface area contributed by atoms with Crippen LogP contribution in [0.1, 0.15) is 32.3 Å². The van der Waals surface area contributed by atoms with Crippen LogP contribution in [0.2, 0.25) is 0 Å². The van der Waals surface area contributed by atoms with Gasteiger partial charge in [0.05, 0.1) is 45.7 Å². The van der Waals surface area contributed by atoms with E-state index in [1.165, 1.54) is 17.0 Å². The summed E-state index contributed by atoms with van der Waals surface area (Å²) in [5.74, 6) is -0.960. The molecule has 1 saturated carbocycles. The summed E-state index contributed by atoms with van der Waals surface area (Å²) in [6.45, 7) is 8.35. The molecule has 162 valence electrons. The number of quaternary nitrogens is 1.